The summed E-state index contributed by atoms with van der Waals surface area (Å²) in [5.74, 6) is -0.292. The van der Waals surface area contributed by atoms with Crippen LogP contribution in [0.1, 0.15) is 23.7 Å². The summed E-state index contributed by atoms with van der Waals surface area (Å²) in [6.45, 7) is 1.85. The summed E-state index contributed by atoms with van der Waals surface area (Å²) in [6.07, 6.45) is 2.03. The van der Waals surface area contributed by atoms with Gasteiger partial charge in [0.05, 0.1) is 5.56 Å². The molecule has 88 valence electrons. The first-order valence-corrected chi connectivity index (χ1v) is 5.94. The largest absolute Gasteiger partial charge is 0.396 e. The van der Waals surface area contributed by atoms with E-state index in [2.05, 4.69) is 26.2 Å². The topological polar surface area (TPSA) is 62.2 Å². The summed E-state index contributed by atoms with van der Waals surface area (Å²) < 4.78 is 0.692. The van der Waals surface area contributed by atoms with E-state index in [4.69, 9.17) is 16.7 Å². The highest BCUT2D eigenvalue weighted by molar-refractivity contribution is 9.10. The number of halogens is 2. The summed E-state index contributed by atoms with van der Waals surface area (Å²) in [6, 6.07) is 1.50. The highest BCUT2D eigenvalue weighted by Gasteiger charge is 2.14. The molecular weight excluding hydrogens is 295 g/mol. The van der Waals surface area contributed by atoms with Crippen molar-refractivity contribution in [2.45, 2.75) is 19.4 Å². The molecule has 16 heavy (non-hydrogen) atoms. The molecule has 0 radical (unpaired) electrons. The Kier molecular flexibility index (Phi) is 5.18. The van der Waals surface area contributed by atoms with Crippen molar-refractivity contribution < 1.29 is 9.90 Å². The summed E-state index contributed by atoms with van der Waals surface area (Å²) >= 11 is 9.03. The molecule has 1 atom stereocenters. The van der Waals surface area contributed by atoms with Crippen LogP contribution in [-0.2, 0) is 0 Å². The van der Waals surface area contributed by atoms with Crippen LogP contribution in [0.25, 0.3) is 0 Å². The van der Waals surface area contributed by atoms with Gasteiger partial charge in [-0.3, -0.25) is 4.79 Å². The molecule has 1 aromatic heterocycles. The molecule has 0 fully saturated rings. The number of amides is 1. The summed E-state index contributed by atoms with van der Waals surface area (Å²) in [5.41, 5.74) is 0.320. The second kappa shape index (κ2) is 6.18. The Morgan fingerprint density at radius 1 is 1.75 bits per heavy atom. The van der Waals surface area contributed by atoms with Crippen molar-refractivity contribution in [2.75, 3.05) is 6.61 Å². The maximum atomic E-state index is 11.8. The molecule has 1 amide bonds. The number of nitrogens with one attached hydrogen (secondary N) is 1. The lowest BCUT2D eigenvalue weighted by molar-refractivity contribution is 0.0934. The van der Waals surface area contributed by atoms with Gasteiger partial charge in [0, 0.05) is 23.3 Å². The molecule has 0 aliphatic rings. The zero-order valence-corrected chi connectivity index (χ0v) is 11.0. The van der Waals surface area contributed by atoms with Crippen LogP contribution in [-0.4, -0.2) is 28.6 Å². The lowest BCUT2D eigenvalue weighted by Crippen LogP contribution is -2.33. The number of pyridine rings is 1. The second-order valence-electron chi connectivity index (χ2n) is 3.38. The molecule has 0 bridgehead atoms. The van der Waals surface area contributed by atoms with E-state index in [-0.39, 0.29) is 23.7 Å². The van der Waals surface area contributed by atoms with Crippen LogP contribution in [0, 0.1) is 0 Å². The van der Waals surface area contributed by atoms with Crippen molar-refractivity contribution in [3.8, 4) is 0 Å². The van der Waals surface area contributed by atoms with Gasteiger partial charge in [-0.2, -0.15) is 0 Å². The van der Waals surface area contributed by atoms with Gasteiger partial charge < -0.3 is 10.4 Å². The third kappa shape index (κ3) is 3.73. The average molecular weight is 308 g/mol. The quantitative estimate of drug-likeness (QED) is 0.836. The van der Waals surface area contributed by atoms with Crippen molar-refractivity contribution in [3.05, 3.63) is 27.5 Å². The van der Waals surface area contributed by atoms with E-state index in [1.165, 1.54) is 6.20 Å². The summed E-state index contributed by atoms with van der Waals surface area (Å²) in [7, 11) is 0. The van der Waals surface area contributed by atoms with Crippen LogP contribution in [0.4, 0.5) is 0 Å². The molecule has 1 rings (SSSR count). The fourth-order valence-electron chi connectivity index (χ4n) is 1.15. The molecule has 0 aromatic carbocycles. The molecule has 0 saturated heterocycles. The van der Waals surface area contributed by atoms with Gasteiger partial charge >= 0.3 is 0 Å². The third-order valence-corrected chi connectivity index (χ3v) is 2.72. The summed E-state index contributed by atoms with van der Waals surface area (Å²) in [4.78, 5) is 15.6. The van der Waals surface area contributed by atoms with E-state index in [0.29, 0.717) is 16.5 Å². The molecule has 0 aliphatic heterocycles. The lowest BCUT2D eigenvalue weighted by atomic mass is 10.2. The normalized spacial score (nSPS) is 12.2. The number of hydrogen-bond acceptors (Lipinski definition) is 3. The van der Waals surface area contributed by atoms with Gasteiger partial charge in [0.15, 0.2) is 0 Å². The monoisotopic (exact) mass is 306 g/mol. The number of nitrogens with zero attached hydrogens (tertiary/aromatic N) is 1. The molecule has 6 heteroatoms. The minimum Gasteiger partial charge on any atom is -0.396 e. The Bertz CT molecular complexity index is 387. The first kappa shape index (κ1) is 13.4. The van der Waals surface area contributed by atoms with E-state index in [1.807, 2.05) is 6.92 Å². The Labute approximate surface area is 107 Å². The first-order valence-electron chi connectivity index (χ1n) is 4.77. The van der Waals surface area contributed by atoms with Gasteiger partial charge in [0.1, 0.15) is 5.15 Å². The molecule has 2 N–H and O–H groups in total. The molecule has 0 saturated carbocycles. The Balaban J connectivity index is 2.76. The predicted octanol–water partition coefficient (Wildman–Crippen LogP) is 2.00. The number of hydrogen-bond donors (Lipinski definition) is 2. The Morgan fingerprint density at radius 3 is 3.06 bits per heavy atom. The van der Waals surface area contributed by atoms with Gasteiger partial charge in [-0.15, -0.1) is 0 Å². The maximum Gasteiger partial charge on any atom is 0.254 e. The van der Waals surface area contributed by atoms with Crippen LogP contribution < -0.4 is 5.32 Å². The van der Waals surface area contributed by atoms with Crippen molar-refractivity contribution in [1.29, 1.82) is 0 Å². The standard InChI is InChI=1S/C10H12BrClN2O2/c1-6(2-3-15)14-10(16)8-4-7(11)5-13-9(8)12/h4-6,15H,2-3H2,1H3,(H,14,16). The predicted molar refractivity (Wildman–Crippen MR) is 65.6 cm³/mol. The molecule has 0 spiro atoms. The highest BCUT2D eigenvalue weighted by atomic mass is 79.9. The molecule has 1 unspecified atom stereocenters. The number of carbonyl (C=O) groups is 1. The molecular formula is C10H12BrClN2O2. The zero-order valence-electron chi connectivity index (χ0n) is 8.70. The van der Waals surface area contributed by atoms with Crippen LogP contribution in [0.3, 0.4) is 0 Å². The Morgan fingerprint density at radius 2 is 2.44 bits per heavy atom. The van der Waals surface area contributed by atoms with Crippen molar-refractivity contribution >= 4 is 33.4 Å². The minimum atomic E-state index is -0.292. The van der Waals surface area contributed by atoms with Crippen molar-refractivity contribution in [3.63, 3.8) is 0 Å². The second-order valence-corrected chi connectivity index (χ2v) is 4.65. The smallest absolute Gasteiger partial charge is 0.254 e. The van der Waals surface area contributed by atoms with Crippen LogP contribution in [0.2, 0.25) is 5.15 Å². The third-order valence-electron chi connectivity index (χ3n) is 1.99. The fraction of sp³-hybridized carbons (Fsp3) is 0.400. The number of aromatic nitrogens is 1. The number of carbonyl (C=O) groups excluding carboxylic acids is 1. The van der Waals surface area contributed by atoms with E-state index >= 15 is 0 Å². The van der Waals surface area contributed by atoms with Crippen LogP contribution in [0.15, 0.2) is 16.7 Å². The van der Waals surface area contributed by atoms with Crippen molar-refractivity contribution in [2.24, 2.45) is 0 Å². The molecule has 1 aromatic rings. The van der Waals surface area contributed by atoms with Gasteiger partial charge in [0.2, 0.25) is 0 Å². The van der Waals surface area contributed by atoms with Crippen LogP contribution in [0.5, 0.6) is 0 Å². The number of rotatable bonds is 4. The summed E-state index contributed by atoms with van der Waals surface area (Å²) in [5, 5.41) is 11.6. The molecule has 1 heterocycles. The average Bonchev–Trinajstić information content (AvgIpc) is 2.21. The van der Waals surface area contributed by atoms with Gasteiger partial charge in [-0.25, -0.2) is 4.98 Å². The minimum absolute atomic E-state index is 0.0336. The van der Waals surface area contributed by atoms with E-state index in [1.54, 1.807) is 6.07 Å². The highest BCUT2D eigenvalue weighted by Crippen LogP contribution is 2.18. The van der Waals surface area contributed by atoms with Gasteiger partial charge in [-0.1, -0.05) is 11.6 Å². The zero-order chi connectivity index (χ0) is 12.1. The van der Waals surface area contributed by atoms with Gasteiger partial charge in [0.25, 0.3) is 5.91 Å². The maximum absolute atomic E-state index is 11.8. The SMILES string of the molecule is CC(CCO)NC(=O)c1cc(Br)cnc1Cl. The van der Waals surface area contributed by atoms with Gasteiger partial charge in [-0.05, 0) is 35.3 Å². The number of aliphatic hydroxyl groups excluding tert-OH is 1. The van der Waals surface area contributed by atoms with E-state index < -0.39 is 0 Å². The van der Waals surface area contributed by atoms with E-state index in [9.17, 15) is 4.79 Å². The van der Waals surface area contributed by atoms with E-state index in [0.717, 1.165) is 0 Å². The fourth-order valence-corrected chi connectivity index (χ4v) is 1.67. The molecule has 0 aliphatic carbocycles. The lowest BCUT2D eigenvalue weighted by Gasteiger charge is -2.12. The van der Waals surface area contributed by atoms with Crippen molar-refractivity contribution in [1.82, 2.24) is 10.3 Å². The number of aliphatic hydroxyl groups is 1. The Hall–Kier alpha value is -0.650. The van der Waals surface area contributed by atoms with Crippen LogP contribution >= 0.6 is 27.5 Å². The first-order chi connectivity index (χ1) is 7.54. The molecule has 4 nitrogen and oxygen atoms in total.